The molecule has 180 valence electrons. The summed E-state index contributed by atoms with van der Waals surface area (Å²) in [6.07, 6.45) is 0. The van der Waals surface area contributed by atoms with Gasteiger partial charge in [0.2, 0.25) is 0 Å². The maximum atomic E-state index is 7.42. The van der Waals surface area contributed by atoms with Crippen LogP contribution in [0.25, 0.3) is 0 Å². The Morgan fingerprint density at radius 2 is 1.10 bits per heavy atom. The second-order valence-electron chi connectivity index (χ2n) is 11.2. The Bertz CT molecular complexity index is 457. The standard InChI is InChI=1S/C20H50O5Si5/c1-16(2)11-28-22-26-21-27-23-29(12-17(3)4,13-18(5)6)25-30(24-28,14-19(7)8)15-20(9)10/h16-20,28H,11-15,26-27H2,1-10H3. The SMILES string of the molecule is CC(C)C[SiH]1O[SiH2]O[SiH2]O[Si](CC(C)C)(CC(C)C)O[Si](CC(C)C)(CC(C)C)O1. The fraction of sp³-hybridized carbons (Fsp3) is 1.00. The van der Waals surface area contributed by atoms with Crippen molar-refractivity contribution in [2.24, 2.45) is 29.6 Å². The number of rotatable bonds is 10. The summed E-state index contributed by atoms with van der Waals surface area (Å²) in [5, 5.41) is 0. The van der Waals surface area contributed by atoms with Crippen molar-refractivity contribution in [3.05, 3.63) is 0 Å². The fourth-order valence-electron chi connectivity index (χ4n) is 4.51. The topological polar surface area (TPSA) is 46.2 Å². The van der Waals surface area contributed by atoms with E-state index in [1.807, 2.05) is 0 Å². The molecule has 0 saturated carbocycles. The molecule has 1 unspecified atom stereocenters. The molecule has 0 aliphatic carbocycles. The second kappa shape index (κ2) is 13.6. The largest absolute Gasteiger partial charge is 0.425 e. The second-order valence-corrected chi connectivity index (χ2v) is 24.2. The van der Waals surface area contributed by atoms with Gasteiger partial charge >= 0.3 is 26.4 Å². The molecule has 1 saturated heterocycles. The zero-order chi connectivity index (χ0) is 22.9. The van der Waals surface area contributed by atoms with E-state index < -0.39 is 46.4 Å². The highest BCUT2D eigenvalue weighted by Crippen LogP contribution is 2.38. The molecule has 0 bridgehead atoms. The van der Waals surface area contributed by atoms with Crippen molar-refractivity contribution in [2.75, 3.05) is 0 Å². The molecule has 0 radical (unpaired) electrons. The third-order valence-electron chi connectivity index (χ3n) is 5.00. The smallest absolute Gasteiger partial charge is 0.320 e. The van der Waals surface area contributed by atoms with E-state index >= 15 is 0 Å². The van der Waals surface area contributed by atoms with E-state index in [4.69, 9.17) is 20.6 Å². The van der Waals surface area contributed by atoms with Crippen molar-refractivity contribution in [3.8, 4) is 0 Å². The lowest BCUT2D eigenvalue weighted by molar-refractivity contribution is 0.248. The van der Waals surface area contributed by atoms with E-state index in [-0.39, 0.29) is 0 Å². The average Bonchev–Trinajstić information content (AvgIpc) is 2.49. The molecule has 1 fully saturated rings. The summed E-state index contributed by atoms with van der Waals surface area (Å²) >= 11 is 0. The zero-order valence-electron chi connectivity index (χ0n) is 21.5. The predicted molar refractivity (Wildman–Crippen MR) is 139 cm³/mol. The molecule has 1 aliphatic rings. The maximum absolute atomic E-state index is 7.42. The summed E-state index contributed by atoms with van der Waals surface area (Å²) in [6, 6.07) is 5.18. The average molecular weight is 511 g/mol. The van der Waals surface area contributed by atoms with Gasteiger partial charge < -0.3 is 20.6 Å². The Hall–Kier alpha value is 0.884. The Morgan fingerprint density at radius 1 is 0.633 bits per heavy atom. The third-order valence-corrected chi connectivity index (χ3v) is 23.8. The van der Waals surface area contributed by atoms with Crippen molar-refractivity contribution in [2.45, 2.75) is 99.5 Å². The van der Waals surface area contributed by atoms with Gasteiger partial charge in [-0.05, 0) is 59.8 Å². The van der Waals surface area contributed by atoms with Crippen LogP contribution in [-0.4, -0.2) is 46.4 Å². The van der Waals surface area contributed by atoms with Crippen molar-refractivity contribution in [1.82, 2.24) is 0 Å². The summed E-state index contributed by atoms with van der Waals surface area (Å²) in [6.45, 7) is 23.0. The van der Waals surface area contributed by atoms with E-state index in [0.29, 0.717) is 29.6 Å². The van der Waals surface area contributed by atoms with Gasteiger partial charge in [0.1, 0.15) is 0 Å². The van der Waals surface area contributed by atoms with Crippen molar-refractivity contribution in [1.29, 1.82) is 0 Å². The maximum Gasteiger partial charge on any atom is 0.320 e. The van der Waals surface area contributed by atoms with Gasteiger partial charge in [-0.3, -0.25) is 0 Å². The van der Waals surface area contributed by atoms with E-state index in [9.17, 15) is 0 Å². The quantitative estimate of drug-likeness (QED) is 0.406. The van der Waals surface area contributed by atoms with Crippen LogP contribution in [-0.2, 0) is 20.6 Å². The Kier molecular flexibility index (Phi) is 13.1. The van der Waals surface area contributed by atoms with Crippen LogP contribution in [0.5, 0.6) is 0 Å². The molecule has 1 heterocycles. The van der Waals surface area contributed by atoms with Crippen LogP contribution in [0.15, 0.2) is 0 Å². The highest BCUT2D eigenvalue weighted by molar-refractivity contribution is 6.85. The van der Waals surface area contributed by atoms with Crippen LogP contribution < -0.4 is 0 Å². The molecular weight excluding hydrogens is 461 g/mol. The van der Waals surface area contributed by atoms with E-state index in [2.05, 4.69) is 69.2 Å². The summed E-state index contributed by atoms with van der Waals surface area (Å²) in [4.78, 5) is 0. The van der Waals surface area contributed by atoms with Crippen LogP contribution in [0.1, 0.15) is 69.2 Å². The van der Waals surface area contributed by atoms with Crippen LogP contribution in [0.3, 0.4) is 0 Å². The first-order valence-corrected chi connectivity index (χ1v) is 20.6. The predicted octanol–water partition coefficient (Wildman–Crippen LogP) is 4.47. The van der Waals surface area contributed by atoms with Crippen LogP contribution >= 0.6 is 0 Å². The molecule has 0 aromatic carbocycles. The molecule has 0 spiro atoms. The number of hydrogen-bond donors (Lipinski definition) is 0. The lowest BCUT2D eigenvalue weighted by Crippen LogP contribution is -2.60. The summed E-state index contributed by atoms with van der Waals surface area (Å²) in [5.41, 5.74) is 0. The van der Waals surface area contributed by atoms with Gasteiger partial charge in [-0.2, -0.15) is 0 Å². The van der Waals surface area contributed by atoms with Crippen molar-refractivity contribution in [3.63, 3.8) is 0 Å². The molecule has 1 atom stereocenters. The fourth-order valence-corrected chi connectivity index (χ4v) is 25.5. The molecule has 1 aliphatic heterocycles. The van der Waals surface area contributed by atoms with Gasteiger partial charge in [0.25, 0.3) is 20.0 Å². The molecule has 0 N–H and O–H groups in total. The molecule has 0 aromatic rings. The Balaban J connectivity index is 3.44. The van der Waals surface area contributed by atoms with E-state index in [1.165, 1.54) is 0 Å². The highest BCUT2D eigenvalue weighted by atomic mass is 28.5. The van der Waals surface area contributed by atoms with Crippen molar-refractivity contribution < 1.29 is 20.6 Å². The highest BCUT2D eigenvalue weighted by Gasteiger charge is 2.51. The molecule has 5 nitrogen and oxygen atoms in total. The van der Waals surface area contributed by atoms with Gasteiger partial charge in [0.05, 0.1) is 0 Å². The van der Waals surface area contributed by atoms with E-state index in [0.717, 1.165) is 30.2 Å². The Labute approximate surface area is 195 Å². The normalized spacial score (nSPS) is 24.7. The first kappa shape index (κ1) is 28.9. The molecule has 1 rings (SSSR count). The molecule has 30 heavy (non-hydrogen) atoms. The monoisotopic (exact) mass is 510 g/mol. The van der Waals surface area contributed by atoms with Crippen LogP contribution in [0.4, 0.5) is 0 Å². The van der Waals surface area contributed by atoms with Gasteiger partial charge in [-0.25, -0.2) is 0 Å². The van der Waals surface area contributed by atoms with Gasteiger partial charge in [0.15, 0.2) is 0 Å². The lowest BCUT2D eigenvalue weighted by atomic mass is 10.3. The number of hydrogen-bond acceptors (Lipinski definition) is 5. The third kappa shape index (κ3) is 11.1. The minimum absolute atomic E-state index is 0.544. The van der Waals surface area contributed by atoms with Gasteiger partial charge in [-0.15, -0.1) is 0 Å². The van der Waals surface area contributed by atoms with Crippen LogP contribution in [0.2, 0.25) is 30.2 Å². The minimum atomic E-state index is -2.48. The minimum Gasteiger partial charge on any atom is -0.425 e. The molecule has 0 amide bonds. The zero-order valence-corrected chi connectivity index (χ0v) is 27.4. The van der Waals surface area contributed by atoms with Gasteiger partial charge in [-0.1, -0.05) is 69.2 Å². The lowest BCUT2D eigenvalue weighted by Gasteiger charge is -2.46. The van der Waals surface area contributed by atoms with E-state index in [1.54, 1.807) is 0 Å². The summed E-state index contributed by atoms with van der Waals surface area (Å²) in [5.74, 6) is 2.76. The first-order chi connectivity index (χ1) is 13.9. The van der Waals surface area contributed by atoms with Crippen molar-refractivity contribution >= 4 is 46.4 Å². The molecule has 0 aromatic heterocycles. The molecule has 10 heteroatoms. The van der Waals surface area contributed by atoms with Crippen LogP contribution in [0, 0.1) is 29.6 Å². The Morgan fingerprint density at radius 3 is 1.53 bits per heavy atom. The molecular formula is C20H50O5Si5. The summed E-state index contributed by atoms with van der Waals surface area (Å²) < 4.78 is 33.6. The summed E-state index contributed by atoms with van der Waals surface area (Å²) in [7, 11) is -8.81. The first-order valence-electron chi connectivity index (χ1n) is 12.1. The van der Waals surface area contributed by atoms with Gasteiger partial charge in [0, 0.05) is 0 Å².